The first-order chi connectivity index (χ1) is 9.60. The Morgan fingerprint density at radius 1 is 1.25 bits per heavy atom. The summed E-state index contributed by atoms with van der Waals surface area (Å²) in [5, 5.41) is 7.37. The molecule has 0 amide bonds. The summed E-state index contributed by atoms with van der Waals surface area (Å²) in [6.45, 7) is 10.2. The molecule has 2 aromatic rings. The van der Waals surface area contributed by atoms with Gasteiger partial charge in [-0.05, 0) is 37.1 Å². The Kier molecular flexibility index (Phi) is 4.90. The molecule has 0 bridgehead atoms. The van der Waals surface area contributed by atoms with Crippen LogP contribution in [-0.4, -0.2) is 23.2 Å². The van der Waals surface area contributed by atoms with Crippen LogP contribution in [0.1, 0.15) is 48.2 Å². The van der Waals surface area contributed by atoms with Gasteiger partial charge in [0.2, 0.25) is 5.89 Å². The molecule has 1 aromatic heterocycles. The number of aryl methyl sites for hydroxylation is 2. The maximum atomic E-state index is 5.35. The van der Waals surface area contributed by atoms with E-state index in [1.165, 1.54) is 16.7 Å². The first-order valence-corrected chi connectivity index (χ1v) is 7.19. The number of rotatable bonds is 6. The lowest BCUT2D eigenvalue weighted by Crippen LogP contribution is -2.19. The van der Waals surface area contributed by atoms with Crippen molar-refractivity contribution in [2.24, 2.45) is 0 Å². The second-order valence-electron chi connectivity index (χ2n) is 5.35. The number of benzene rings is 1. The monoisotopic (exact) mass is 273 g/mol. The molecule has 0 saturated heterocycles. The van der Waals surface area contributed by atoms with Crippen molar-refractivity contribution in [1.29, 1.82) is 0 Å². The quantitative estimate of drug-likeness (QED) is 0.879. The van der Waals surface area contributed by atoms with Crippen LogP contribution in [0.25, 0.3) is 0 Å². The Labute approximate surface area is 120 Å². The molecule has 0 aliphatic rings. The van der Waals surface area contributed by atoms with E-state index in [1.807, 2.05) is 0 Å². The van der Waals surface area contributed by atoms with Crippen molar-refractivity contribution in [2.45, 2.75) is 40.0 Å². The van der Waals surface area contributed by atoms with Crippen LogP contribution >= 0.6 is 0 Å². The Balaban J connectivity index is 2.03. The van der Waals surface area contributed by atoms with E-state index < -0.39 is 0 Å². The average Bonchev–Trinajstić information content (AvgIpc) is 2.89. The minimum absolute atomic E-state index is 0.246. The van der Waals surface area contributed by atoms with Gasteiger partial charge in [-0.25, -0.2) is 0 Å². The van der Waals surface area contributed by atoms with Crippen molar-refractivity contribution in [3.63, 3.8) is 0 Å². The van der Waals surface area contributed by atoms with Crippen molar-refractivity contribution in [1.82, 2.24) is 15.5 Å². The van der Waals surface area contributed by atoms with E-state index in [0.29, 0.717) is 5.89 Å². The molecule has 0 aliphatic carbocycles. The molecule has 0 saturated carbocycles. The molecule has 1 N–H and O–H groups in total. The van der Waals surface area contributed by atoms with Crippen molar-refractivity contribution < 1.29 is 4.52 Å². The average molecular weight is 273 g/mol. The standard InChI is InChI=1S/C16H23N3O/c1-5-17-10-13(4)16-18-15(19-20-16)9-14-7-6-11(2)12(3)8-14/h6-8,13,17H,5,9-10H2,1-4H3. The predicted octanol–water partition coefficient (Wildman–Crippen LogP) is 2.99. The first-order valence-electron chi connectivity index (χ1n) is 7.19. The summed E-state index contributed by atoms with van der Waals surface area (Å²) in [7, 11) is 0. The lowest BCUT2D eigenvalue weighted by Gasteiger charge is -2.05. The van der Waals surface area contributed by atoms with Crippen LogP contribution in [0, 0.1) is 13.8 Å². The van der Waals surface area contributed by atoms with E-state index in [0.717, 1.165) is 25.3 Å². The van der Waals surface area contributed by atoms with Crippen LogP contribution in [0.3, 0.4) is 0 Å². The van der Waals surface area contributed by atoms with Crippen LogP contribution in [-0.2, 0) is 6.42 Å². The number of nitrogens with zero attached hydrogens (tertiary/aromatic N) is 2. The highest BCUT2D eigenvalue weighted by Gasteiger charge is 2.14. The van der Waals surface area contributed by atoms with Crippen molar-refractivity contribution >= 4 is 0 Å². The minimum atomic E-state index is 0.246. The number of hydrogen-bond acceptors (Lipinski definition) is 4. The van der Waals surface area contributed by atoms with E-state index in [9.17, 15) is 0 Å². The zero-order valence-corrected chi connectivity index (χ0v) is 12.7. The minimum Gasteiger partial charge on any atom is -0.339 e. The second-order valence-corrected chi connectivity index (χ2v) is 5.35. The van der Waals surface area contributed by atoms with Gasteiger partial charge in [0.1, 0.15) is 0 Å². The summed E-state index contributed by atoms with van der Waals surface area (Å²) in [5.41, 5.74) is 3.83. The number of aromatic nitrogens is 2. The second kappa shape index (κ2) is 6.66. The smallest absolute Gasteiger partial charge is 0.230 e. The molecule has 0 aliphatic heterocycles. The molecule has 1 atom stereocenters. The zero-order chi connectivity index (χ0) is 14.5. The summed E-state index contributed by atoms with van der Waals surface area (Å²) in [6, 6.07) is 6.45. The van der Waals surface area contributed by atoms with E-state index in [4.69, 9.17) is 4.52 Å². The molecule has 1 heterocycles. The highest BCUT2D eigenvalue weighted by molar-refractivity contribution is 5.31. The number of nitrogens with one attached hydrogen (secondary N) is 1. The van der Waals surface area contributed by atoms with Gasteiger partial charge in [0.25, 0.3) is 0 Å². The lowest BCUT2D eigenvalue weighted by atomic mass is 10.0. The van der Waals surface area contributed by atoms with Gasteiger partial charge in [-0.3, -0.25) is 0 Å². The third kappa shape index (κ3) is 3.67. The first kappa shape index (κ1) is 14.7. The normalized spacial score (nSPS) is 12.6. The van der Waals surface area contributed by atoms with Crippen LogP contribution in [0.2, 0.25) is 0 Å². The lowest BCUT2D eigenvalue weighted by molar-refractivity contribution is 0.352. The third-order valence-corrected chi connectivity index (χ3v) is 3.54. The molecule has 0 fully saturated rings. The topological polar surface area (TPSA) is 51.0 Å². The van der Waals surface area contributed by atoms with Gasteiger partial charge in [0, 0.05) is 18.9 Å². The summed E-state index contributed by atoms with van der Waals surface area (Å²) < 4.78 is 5.35. The molecule has 4 heteroatoms. The molecule has 20 heavy (non-hydrogen) atoms. The summed E-state index contributed by atoms with van der Waals surface area (Å²) >= 11 is 0. The van der Waals surface area contributed by atoms with E-state index in [2.05, 4.69) is 61.4 Å². The fourth-order valence-electron chi connectivity index (χ4n) is 2.08. The highest BCUT2D eigenvalue weighted by Crippen LogP contribution is 2.15. The van der Waals surface area contributed by atoms with Gasteiger partial charge in [0.05, 0.1) is 0 Å². The zero-order valence-electron chi connectivity index (χ0n) is 12.7. The maximum Gasteiger partial charge on any atom is 0.230 e. The maximum absolute atomic E-state index is 5.35. The predicted molar refractivity (Wildman–Crippen MR) is 80.0 cm³/mol. The van der Waals surface area contributed by atoms with Gasteiger partial charge in [-0.1, -0.05) is 37.2 Å². The van der Waals surface area contributed by atoms with Crippen LogP contribution in [0.15, 0.2) is 22.7 Å². The molecule has 1 aromatic carbocycles. The molecule has 1 unspecified atom stereocenters. The fourth-order valence-corrected chi connectivity index (χ4v) is 2.08. The summed E-state index contributed by atoms with van der Waals surface area (Å²) in [5.74, 6) is 1.72. The molecule has 0 spiro atoms. The van der Waals surface area contributed by atoms with Crippen LogP contribution < -0.4 is 5.32 Å². The Morgan fingerprint density at radius 3 is 2.75 bits per heavy atom. The molecule has 2 rings (SSSR count). The van der Waals surface area contributed by atoms with E-state index in [-0.39, 0.29) is 5.92 Å². The third-order valence-electron chi connectivity index (χ3n) is 3.54. The molecule has 0 radical (unpaired) electrons. The van der Waals surface area contributed by atoms with Crippen molar-refractivity contribution in [2.75, 3.05) is 13.1 Å². The van der Waals surface area contributed by atoms with Crippen LogP contribution in [0.5, 0.6) is 0 Å². The number of likely N-dealkylation sites (N-methyl/N-ethyl adjacent to an activating group) is 1. The summed E-state index contributed by atoms with van der Waals surface area (Å²) in [4.78, 5) is 4.49. The SMILES string of the molecule is CCNCC(C)c1nc(Cc2ccc(C)c(C)c2)no1. The molecule has 108 valence electrons. The Bertz CT molecular complexity index is 563. The van der Waals surface area contributed by atoms with E-state index >= 15 is 0 Å². The van der Waals surface area contributed by atoms with Gasteiger partial charge >= 0.3 is 0 Å². The van der Waals surface area contributed by atoms with Crippen LogP contribution in [0.4, 0.5) is 0 Å². The van der Waals surface area contributed by atoms with Crippen molar-refractivity contribution in [3.8, 4) is 0 Å². The fraction of sp³-hybridized carbons (Fsp3) is 0.500. The highest BCUT2D eigenvalue weighted by atomic mass is 16.5. The number of hydrogen-bond donors (Lipinski definition) is 1. The van der Waals surface area contributed by atoms with Gasteiger partial charge in [-0.15, -0.1) is 0 Å². The molecule has 4 nitrogen and oxygen atoms in total. The van der Waals surface area contributed by atoms with Gasteiger partial charge in [-0.2, -0.15) is 4.98 Å². The Hall–Kier alpha value is -1.68. The molecular weight excluding hydrogens is 250 g/mol. The Morgan fingerprint density at radius 2 is 2.05 bits per heavy atom. The molecular formula is C16H23N3O. The largest absolute Gasteiger partial charge is 0.339 e. The van der Waals surface area contributed by atoms with E-state index in [1.54, 1.807) is 0 Å². The van der Waals surface area contributed by atoms with Gasteiger partial charge in [0.15, 0.2) is 5.82 Å². The van der Waals surface area contributed by atoms with Gasteiger partial charge < -0.3 is 9.84 Å². The summed E-state index contributed by atoms with van der Waals surface area (Å²) in [6.07, 6.45) is 0.721. The van der Waals surface area contributed by atoms with Crippen molar-refractivity contribution in [3.05, 3.63) is 46.6 Å².